The highest BCUT2D eigenvalue weighted by Gasteiger charge is 2.24. The fourth-order valence-corrected chi connectivity index (χ4v) is 1.68. The second kappa shape index (κ2) is 8.48. The van der Waals surface area contributed by atoms with Crippen LogP contribution in [0.5, 0.6) is 0 Å². The number of hydrogen-bond donors (Lipinski definition) is 0. The number of nitrogens with zero attached hydrogens (tertiary/aromatic N) is 1. The summed E-state index contributed by atoms with van der Waals surface area (Å²) >= 11 is 0. The summed E-state index contributed by atoms with van der Waals surface area (Å²) in [6, 6.07) is 0. The van der Waals surface area contributed by atoms with Gasteiger partial charge in [0.15, 0.2) is 0 Å². The van der Waals surface area contributed by atoms with E-state index in [1.165, 1.54) is 25.9 Å². The molecule has 84 valence electrons. The molecule has 0 bridgehead atoms. The largest absolute Gasteiger partial charge is 0.412 e. The molecule has 0 heterocycles. The van der Waals surface area contributed by atoms with Crippen molar-refractivity contribution in [1.29, 1.82) is 0 Å². The van der Waals surface area contributed by atoms with E-state index in [0.717, 1.165) is 0 Å². The highest BCUT2D eigenvalue weighted by atomic mass is 16.0. The average Bonchev–Trinajstić information content (AvgIpc) is 2.06. The van der Waals surface area contributed by atoms with E-state index in [-0.39, 0.29) is 11.0 Å². The lowest BCUT2D eigenvalue weighted by atomic mass is 9.93. The normalized spacial score (nSPS) is 10.6. The molecular weight excluding hydrogens is 166 g/mol. The van der Waals surface area contributed by atoms with Gasteiger partial charge in [0, 0.05) is 5.54 Å². The minimum atomic E-state index is 0. The van der Waals surface area contributed by atoms with Gasteiger partial charge in [0.05, 0.1) is 0 Å². The summed E-state index contributed by atoms with van der Waals surface area (Å²) in [5.74, 6) is 0. The van der Waals surface area contributed by atoms with E-state index < -0.39 is 0 Å². The average molecular weight is 193 g/mol. The molecule has 0 amide bonds. The number of rotatable bonds is 5. The molecule has 0 aliphatic rings. The van der Waals surface area contributed by atoms with Crippen LogP contribution in [0.2, 0.25) is 0 Å². The fraction of sp³-hybridized carbons (Fsp3) is 1.00. The molecule has 4 N–H and O–H groups in total. The zero-order chi connectivity index (χ0) is 8.91. The summed E-state index contributed by atoms with van der Waals surface area (Å²) in [4.78, 5) is 2.55. The van der Waals surface area contributed by atoms with Gasteiger partial charge in [0.25, 0.3) is 0 Å². The highest BCUT2D eigenvalue weighted by molar-refractivity contribution is 4.81. The second-order valence-electron chi connectivity index (χ2n) is 3.38. The first-order chi connectivity index (χ1) is 5.14. The van der Waals surface area contributed by atoms with E-state index in [0.29, 0.717) is 5.54 Å². The van der Waals surface area contributed by atoms with Crippen LogP contribution in [0, 0.1) is 0 Å². The van der Waals surface area contributed by atoms with Crippen LogP contribution in [0.4, 0.5) is 0 Å². The Morgan fingerprint density at radius 3 is 1.23 bits per heavy atom. The maximum absolute atomic E-state index is 2.55. The van der Waals surface area contributed by atoms with E-state index in [1.54, 1.807) is 0 Å². The first-order valence-corrected chi connectivity index (χ1v) is 4.89. The zero-order valence-electron chi connectivity index (χ0n) is 9.78. The third-order valence-corrected chi connectivity index (χ3v) is 3.05. The molecule has 3 heteroatoms. The van der Waals surface area contributed by atoms with Crippen LogP contribution in [0.25, 0.3) is 0 Å². The molecule has 0 rings (SSSR count). The maximum Gasteiger partial charge on any atom is 0.0175 e. The molecule has 0 aromatic heterocycles. The highest BCUT2D eigenvalue weighted by Crippen LogP contribution is 2.22. The molecule has 0 radical (unpaired) electrons. The van der Waals surface area contributed by atoms with Crippen LogP contribution in [0.15, 0.2) is 0 Å². The minimum absolute atomic E-state index is 0. The molecular formula is C10H27NO2. The van der Waals surface area contributed by atoms with Crippen molar-refractivity contribution in [2.45, 2.75) is 53.0 Å². The smallest absolute Gasteiger partial charge is 0.0175 e. The standard InChI is InChI=1S/C10H23N.2H2O/c1-6-10(5,7-2)11(8-3)9-4;;/h6-9H2,1-5H3;2*1H2. The molecule has 0 saturated heterocycles. The molecule has 13 heavy (non-hydrogen) atoms. The van der Waals surface area contributed by atoms with Crippen molar-refractivity contribution in [1.82, 2.24) is 4.90 Å². The van der Waals surface area contributed by atoms with Gasteiger partial charge >= 0.3 is 0 Å². The minimum Gasteiger partial charge on any atom is -0.412 e. The predicted molar refractivity (Wildman–Crippen MR) is 59.1 cm³/mol. The third-order valence-electron chi connectivity index (χ3n) is 3.05. The number of hydrogen-bond acceptors (Lipinski definition) is 1. The molecule has 0 aromatic carbocycles. The summed E-state index contributed by atoms with van der Waals surface area (Å²) in [6.45, 7) is 13.8. The van der Waals surface area contributed by atoms with Crippen molar-refractivity contribution in [3.8, 4) is 0 Å². The molecule has 0 spiro atoms. The van der Waals surface area contributed by atoms with Crippen LogP contribution in [-0.2, 0) is 0 Å². The molecule has 0 aliphatic heterocycles. The van der Waals surface area contributed by atoms with Crippen molar-refractivity contribution in [2.75, 3.05) is 13.1 Å². The van der Waals surface area contributed by atoms with Crippen LogP contribution in [0.1, 0.15) is 47.5 Å². The van der Waals surface area contributed by atoms with E-state index in [4.69, 9.17) is 0 Å². The Kier molecular flexibility index (Phi) is 12.1. The Labute approximate surface area is 82.7 Å². The van der Waals surface area contributed by atoms with E-state index >= 15 is 0 Å². The lowest BCUT2D eigenvalue weighted by Crippen LogP contribution is -2.45. The summed E-state index contributed by atoms with van der Waals surface area (Å²) in [5, 5.41) is 0. The molecule has 0 fully saturated rings. The van der Waals surface area contributed by atoms with Gasteiger partial charge in [0.2, 0.25) is 0 Å². The summed E-state index contributed by atoms with van der Waals surface area (Å²) in [6.07, 6.45) is 2.51. The Bertz CT molecular complexity index is 99.1. The predicted octanol–water partition coefficient (Wildman–Crippen LogP) is 1.26. The molecule has 0 atom stereocenters. The fourth-order valence-electron chi connectivity index (χ4n) is 1.68. The van der Waals surface area contributed by atoms with Gasteiger partial charge in [-0.15, -0.1) is 0 Å². The molecule has 0 aromatic rings. The Morgan fingerprint density at radius 1 is 0.846 bits per heavy atom. The first-order valence-electron chi connectivity index (χ1n) is 4.89. The van der Waals surface area contributed by atoms with Crippen molar-refractivity contribution in [2.24, 2.45) is 0 Å². The zero-order valence-corrected chi connectivity index (χ0v) is 9.78. The lowest BCUT2D eigenvalue weighted by Gasteiger charge is -2.39. The Balaban J connectivity index is -0.000000500. The Hall–Kier alpha value is -0.120. The lowest BCUT2D eigenvalue weighted by molar-refractivity contribution is 0.108. The van der Waals surface area contributed by atoms with E-state index in [1.807, 2.05) is 0 Å². The van der Waals surface area contributed by atoms with Crippen LogP contribution >= 0.6 is 0 Å². The monoisotopic (exact) mass is 193 g/mol. The Morgan fingerprint density at radius 2 is 1.15 bits per heavy atom. The first kappa shape index (κ1) is 18.6. The van der Waals surface area contributed by atoms with Crippen molar-refractivity contribution < 1.29 is 11.0 Å². The van der Waals surface area contributed by atoms with E-state index in [2.05, 4.69) is 39.5 Å². The molecule has 0 saturated carbocycles. The topological polar surface area (TPSA) is 66.2 Å². The summed E-state index contributed by atoms with van der Waals surface area (Å²) in [5.41, 5.74) is 0.434. The van der Waals surface area contributed by atoms with Crippen LogP contribution in [0.3, 0.4) is 0 Å². The summed E-state index contributed by atoms with van der Waals surface area (Å²) < 4.78 is 0. The van der Waals surface area contributed by atoms with Crippen LogP contribution in [-0.4, -0.2) is 34.5 Å². The molecule has 0 unspecified atom stereocenters. The third kappa shape index (κ3) is 4.60. The van der Waals surface area contributed by atoms with Crippen molar-refractivity contribution >= 4 is 0 Å². The molecule has 0 aliphatic carbocycles. The SMILES string of the molecule is CCN(CC)C(C)(CC)CC.O.O. The second-order valence-corrected chi connectivity index (χ2v) is 3.38. The van der Waals surface area contributed by atoms with Gasteiger partial charge in [-0.25, -0.2) is 0 Å². The van der Waals surface area contributed by atoms with Gasteiger partial charge in [-0.1, -0.05) is 27.7 Å². The quantitative estimate of drug-likeness (QED) is 0.648. The van der Waals surface area contributed by atoms with Gasteiger partial charge in [-0.3, -0.25) is 4.90 Å². The van der Waals surface area contributed by atoms with E-state index in [9.17, 15) is 0 Å². The van der Waals surface area contributed by atoms with Gasteiger partial charge in [0.1, 0.15) is 0 Å². The van der Waals surface area contributed by atoms with Gasteiger partial charge in [-0.2, -0.15) is 0 Å². The van der Waals surface area contributed by atoms with Crippen LogP contribution < -0.4 is 0 Å². The van der Waals surface area contributed by atoms with Crippen molar-refractivity contribution in [3.05, 3.63) is 0 Å². The van der Waals surface area contributed by atoms with Gasteiger partial charge in [-0.05, 0) is 32.9 Å². The van der Waals surface area contributed by atoms with Crippen molar-refractivity contribution in [3.63, 3.8) is 0 Å². The maximum atomic E-state index is 2.55. The molecule has 3 nitrogen and oxygen atoms in total. The summed E-state index contributed by atoms with van der Waals surface area (Å²) in [7, 11) is 0. The van der Waals surface area contributed by atoms with Gasteiger partial charge < -0.3 is 11.0 Å².